The summed E-state index contributed by atoms with van der Waals surface area (Å²) in [7, 11) is 1.65. The number of nitrogens with zero attached hydrogens (tertiary/aromatic N) is 9. The van der Waals surface area contributed by atoms with Crippen molar-refractivity contribution in [1.82, 2.24) is 49.3 Å². The largest absolute Gasteiger partial charge is 0.497 e. The average molecular weight is 850 g/mol. The zero-order chi connectivity index (χ0) is 42.0. The first-order valence-electron chi connectivity index (χ1n) is 19.8. The van der Waals surface area contributed by atoms with Gasteiger partial charge < -0.3 is 39.9 Å². The van der Waals surface area contributed by atoms with Crippen LogP contribution in [0.1, 0.15) is 51.3 Å². The highest BCUT2D eigenvalue weighted by Crippen LogP contribution is 2.36. The number of ether oxygens (including phenoxy) is 2. The Labute approximate surface area is 357 Å². The summed E-state index contributed by atoms with van der Waals surface area (Å²) in [6, 6.07) is 23.4. The van der Waals surface area contributed by atoms with Crippen LogP contribution in [0.3, 0.4) is 0 Å². The van der Waals surface area contributed by atoms with Crippen LogP contribution in [-0.4, -0.2) is 88.9 Å². The molecule has 2 atom stereocenters. The minimum absolute atomic E-state index is 0.0527. The molecule has 15 nitrogen and oxygen atoms in total. The number of amides is 1. The Hall–Kier alpha value is -6.03. The molecule has 9 rings (SSSR count). The third kappa shape index (κ3) is 8.79. The number of aromatic nitrogens is 8. The number of benzene rings is 3. The molecule has 3 aromatic carbocycles. The molecule has 310 valence electrons. The topological polar surface area (TPSA) is 176 Å². The molecule has 0 bridgehead atoms. The highest BCUT2D eigenvalue weighted by Gasteiger charge is 2.34. The third-order valence-corrected chi connectivity index (χ3v) is 11.0. The number of likely N-dealkylation sites (tertiary alicyclic amines) is 1. The van der Waals surface area contributed by atoms with Gasteiger partial charge in [-0.1, -0.05) is 59.6 Å². The second-order valence-electron chi connectivity index (χ2n) is 15.6. The number of hydrogen-bond donors (Lipinski definition) is 3. The lowest BCUT2D eigenvalue weighted by Crippen LogP contribution is -2.35. The number of methoxy groups -OCH3 is 1. The van der Waals surface area contributed by atoms with Gasteiger partial charge in [0.05, 0.1) is 41.6 Å². The summed E-state index contributed by atoms with van der Waals surface area (Å²) >= 11 is 13.0. The Morgan fingerprint density at radius 2 is 1.45 bits per heavy atom. The fraction of sp³-hybridized carbons (Fsp3) is 0.326. The van der Waals surface area contributed by atoms with Gasteiger partial charge in [-0.15, -0.1) is 0 Å². The summed E-state index contributed by atoms with van der Waals surface area (Å²) in [4.78, 5) is 41.9. The number of anilines is 2. The van der Waals surface area contributed by atoms with E-state index in [-0.39, 0.29) is 24.1 Å². The van der Waals surface area contributed by atoms with Gasteiger partial charge in [-0.2, -0.15) is 9.97 Å². The van der Waals surface area contributed by atoms with Gasteiger partial charge >= 0.3 is 6.09 Å². The molecule has 17 heteroatoms. The first-order valence-corrected chi connectivity index (χ1v) is 20.5. The molecule has 2 fully saturated rings. The van der Waals surface area contributed by atoms with E-state index in [2.05, 4.69) is 34.7 Å². The van der Waals surface area contributed by atoms with E-state index in [0.29, 0.717) is 52.6 Å². The minimum Gasteiger partial charge on any atom is -0.497 e. The van der Waals surface area contributed by atoms with Crippen LogP contribution in [0.4, 0.5) is 16.7 Å². The molecule has 4 N–H and O–H groups in total. The van der Waals surface area contributed by atoms with E-state index in [1.165, 1.54) is 0 Å². The number of hydrogen-bond acceptors (Lipinski definition) is 12. The quantitative estimate of drug-likeness (QED) is 0.134. The lowest BCUT2D eigenvalue weighted by atomic mass is 10.2. The van der Waals surface area contributed by atoms with Crippen molar-refractivity contribution in [2.75, 3.05) is 44.3 Å². The molecule has 7 aromatic rings. The van der Waals surface area contributed by atoms with E-state index in [1.54, 1.807) is 24.4 Å². The van der Waals surface area contributed by atoms with E-state index >= 15 is 0 Å². The lowest BCUT2D eigenvalue weighted by molar-refractivity contribution is 0.0289. The van der Waals surface area contributed by atoms with Crippen molar-refractivity contribution < 1.29 is 14.3 Å². The van der Waals surface area contributed by atoms with E-state index < -0.39 is 5.60 Å². The van der Waals surface area contributed by atoms with Crippen LogP contribution in [0.25, 0.3) is 45.1 Å². The van der Waals surface area contributed by atoms with Crippen molar-refractivity contribution in [3.63, 3.8) is 0 Å². The predicted molar refractivity (Wildman–Crippen MR) is 234 cm³/mol. The molecule has 0 radical (unpaired) electrons. The fourth-order valence-corrected chi connectivity index (χ4v) is 7.91. The Bertz CT molecular complexity index is 2640. The Morgan fingerprint density at radius 3 is 2.05 bits per heavy atom. The number of fused-ring (bicyclic) bond motifs is 2. The average Bonchev–Trinajstić information content (AvgIpc) is 4.06. The number of halogens is 2. The first-order chi connectivity index (χ1) is 29.0. The molecular weight excluding hydrogens is 803 g/mol. The van der Waals surface area contributed by atoms with E-state index in [4.69, 9.17) is 53.4 Å². The van der Waals surface area contributed by atoms with Crippen molar-refractivity contribution in [2.24, 2.45) is 0 Å². The van der Waals surface area contributed by atoms with Crippen molar-refractivity contribution in [1.29, 1.82) is 0 Å². The van der Waals surface area contributed by atoms with Crippen molar-refractivity contribution in [3.05, 3.63) is 101 Å². The van der Waals surface area contributed by atoms with Crippen LogP contribution < -0.4 is 21.1 Å². The summed E-state index contributed by atoms with van der Waals surface area (Å²) in [6.45, 7) is 9.08. The number of nitrogen functional groups attached to an aromatic ring is 1. The van der Waals surface area contributed by atoms with E-state index in [0.717, 1.165) is 65.4 Å². The zero-order valence-corrected chi connectivity index (χ0v) is 35.3. The maximum Gasteiger partial charge on any atom is 0.410 e. The number of carbonyl (C=O) groups excluding carboxylic acids is 1. The smallest absolute Gasteiger partial charge is 0.410 e. The molecule has 2 aliphatic rings. The number of rotatable bonds is 8. The zero-order valence-electron chi connectivity index (χ0n) is 33.8. The molecule has 0 aliphatic carbocycles. The molecule has 60 heavy (non-hydrogen) atoms. The summed E-state index contributed by atoms with van der Waals surface area (Å²) < 4.78 is 15.1. The SMILES string of the molecule is COc1ccc(CNc2ncc3nc(-c4ccccc4Cl)n(C4CCN(C(=O)OC(C)(C)C)C4)c3n2)cc1.Nc1ncc2nc(-c3ccccc3Cl)n(C3CCNC3)c2n1. The number of carbonyl (C=O) groups is 1. The summed E-state index contributed by atoms with van der Waals surface area (Å²) in [5.41, 5.74) is 10.8. The molecule has 1 amide bonds. The molecule has 2 saturated heterocycles. The standard InChI is InChI=1S/C28H31ClN6O3.C15H15ClN6/c1-28(2,3)38-27(36)34-14-13-19(17-34)35-24(21-7-5-6-8-22(21)29)32-23-16-31-26(33-25(23)35)30-15-18-9-11-20(37-4)12-10-18;16-11-4-2-1-3-10(11)13-20-12-8-19-15(17)21-14(12)22(13)9-5-6-18-7-9/h5-12,16,19H,13-15,17H2,1-4H3,(H,30,31,33);1-4,8-9,18H,5-7H2,(H2,17,19,21). The fourth-order valence-electron chi connectivity index (χ4n) is 7.47. The molecular formula is C43H46Cl2N12O3. The normalized spacial score (nSPS) is 16.5. The number of nitrogens with one attached hydrogen (secondary N) is 2. The van der Waals surface area contributed by atoms with Crippen LogP contribution in [-0.2, 0) is 11.3 Å². The van der Waals surface area contributed by atoms with Crippen LogP contribution in [0.2, 0.25) is 10.0 Å². The van der Waals surface area contributed by atoms with Gasteiger partial charge in [-0.25, -0.2) is 24.7 Å². The molecule has 4 aromatic heterocycles. The highest BCUT2D eigenvalue weighted by molar-refractivity contribution is 6.33. The second kappa shape index (κ2) is 17.3. The van der Waals surface area contributed by atoms with Crippen molar-refractivity contribution in [3.8, 4) is 28.5 Å². The maximum absolute atomic E-state index is 12.8. The van der Waals surface area contributed by atoms with Gasteiger partial charge in [0.25, 0.3) is 0 Å². The minimum atomic E-state index is -0.558. The van der Waals surface area contributed by atoms with Gasteiger partial charge in [0.15, 0.2) is 11.3 Å². The van der Waals surface area contributed by atoms with Gasteiger partial charge in [0.1, 0.15) is 34.0 Å². The van der Waals surface area contributed by atoms with Gasteiger partial charge in [0, 0.05) is 37.3 Å². The molecule has 0 spiro atoms. The first kappa shape index (κ1) is 40.7. The maximum atomic E-state index is 12.8. The Kier molecular flexibility index (Phi) is 11.7. The summed E-state index contributed by atoms with van der Waals surface area (Å²) in [6.07, 6.45) is 4.82. The molecule has 0 saturated carbocycles. The lowest BCUT2D eigenvalue weighted by Gasteiger charge is -2.24. The van der Waals surface area contributed by atoms with Crippen LogP contribution >= 0.6 is 23.2 Å². The van der Waals surface area contributed by atoms with E-state index in [9.17, 15) is 4.79 Å². The van der Waals surface area contributed by atoms with Crippen LogP contribution in [0, 0.1) is 0 Å². The summed E-state index contributed by atoms with van der Waals surface area (Å²) in [5, 5.41) is 7.95. The predicted octanol–water partition coefficient (Wildman–Crippen LogP) is 8.21. The molecule has 2 unspecified atom stereocenters. The highest BCUT2D eigenvalue weighted by atomic mass is 35.5. The van der Waals surface area contributed by atoms with Crippen molar-refractivity contribution in [2.45, 2.75) is 57.8 Å². The number of imidazole rings is 2. The third-order valence-electron chi connectivity index (χ3n) is 10.3. The van der Waals surface area contributed by atoms with Crippen molar-refractivity contribution >= 4 is 63.5 Å². The van der Waals surface area contributed by atoms with Gasteiger partial charge in [-0.05, 0) is 82.1 Å². The van der Waals surface area contributed by atoms with Crippen LogP contribution in [0.5, 0.6) is 5.75 Å². The Morgan fingerprint density at radius 1 is 0.833 bits per heavy atom. The van der Waals surface area contributed by atoms with E-state index in [1.807, 2.05) is 93.6 Å². The number of nitrogens with two attached hydrogens (primary N) is 1. The van der Waals surface area contributed by atoms with Crippen LogP contribution in [0.15, 0.2) is 85.2 Å². The van der Waals surface area contributed by atoms with Gasteiger partial charge in [0.2, 0.25) is 11.9 Å². The monoisotopic (exact) mass is 848 g/mol. The summed E-state index contributed by atoms with van der Waals surface area (Å²) in [5.74, 6) is 3.06. The Balaban J connectivity index is 0.000000191. The van der Waals surface area contributed by atoms with Gasteiger partial charge in [-0.3, -0.25) is 0 Å². The second-order valence-corrected chi connectivity index (χ2v) is 16.4. The molecule has 6 heterocycles. The molecule has 2 aliphatic heterocycles.